The monoisotopic (exact) mass is 462 g/mol. The summed E-state index contributed by atoms with van der Waals surface area (Å²) >= 11 is 3.30. The summed E-state index contributed by atoms with van der Waals surface area (Å²) in [6.45, 7) is 10.7. The van der Waals surface area contributed by atoms with Crippen molar-refractivity contribution in [3.63, 3.8) is 0 Å². The van der Waals surface area contributed by atoms with Crippen LogP contribution in [-0.4, -0.2) is 19.7 Å². The van der Waals surface area contributed by atoms with Gasteiger partial charge in [-0.25, -0.2) is 4.98 Å². The number of aromatic nitrogens is 4. The maximum Gasteiger partial charge on any atom is 0.192 e. The molecule has 0 fully saturated rings. The summed E-state index contributed by atoms with van der Waals surface area (Å²) in [6.07, 6.45) is 1.63. The lowest BCUT2D eigenvalue weighted by molar-refractivity contribution is 0.210. The summed E-state index contributed by atoms with van der Waals surface area (Å²) in [5.41, 5.74) is 4.66. The van der Waals surface area contributed by atoms with E-state index in [0.717, 1.165) is 33.2 Å². The average Bonchev–Trinajstić information content (AvgIpc) is 3.42. The second-order valence-electron chi connectivity index (χ2n) is 7.56. The van der Waals surface area contributed by atoms with Crippen molar-refractivity contribution in [2.75, 3.05) is 0 Å². The van der Waals surface area contributed by atoms with Crippen molar-refractivity contribution in [2.45, 2.75) is 44.3 Å². The Balaban J connectivity index is 1.47. The number of rotatable bonds is 9. The lowest BCUT2D eigenvalue weighted by Crippen LogP contribution is -2.12. The molecule has 0 N–H and O–H groups in total. The lowest BCUT2D eigenvalue weighted by atomic mass is 10.1. The van der Waals surface area contributed by atoms with Crippen LogP contribution in [0, 0.1) is 13.8 Å². The van der Waals surface area contributed by atoms with Crippen molar-refractivity contribution in [3.05, 3.63) is 89.2 Å². The van der Waals surface area contributed by atoms with Crippen molar-refractivity contribution in [1.29, 1.82) is 0 Å². The van der Waals surface area contributed by atoms with E-state index in [2.05, 4.69) is 64.8 Å². The molecule has 0 aliphatic carbocycles. The van der Waals surface area contributed by atoms with Crippen LogP contribution in [0.2, 0.25) is 0 Å². The summed E-state index contributed by atoms with van der Waals surface area (Å²) in [5.74, 6) is 2.33. The third-order valence-corrected chi connectivity index (χ3v) is 6.96. The molecule has 2 heterocycles. The number of thioether (sulfide) groups is 1. The first-order chi connectivity index (χ1) is 15.5. The molecule has 7 heteroatoms. The molecule has 164 valence electrons. The summed E-state index contributed by atoms with van der Waals surface area (Å²) in [6, 6.07) is 16.4. The van der Waals surface area contributed by atoms with Crippen LogP contribution in [0.4, 0.5) is 0 Å². The van der Waals surface area contributed by atoms with Gasteiger partial charge in [-0.05, 0) is 38.5 Å². The molecular formula is C25H26N4OS2. The van der Waals surface area contributed by atoms with E-state index in [1.54, 1.807) is 23.1 Å². The Morgan fingerprint density at radius 1 is 1.12 bits per heavy atom. The SMILES string of the molecule is C=CCn1c(SCc2csc(-c3ccccc3C)n2)nnc1C(C)Oc1ccc(C)cc1. The number of aryl methyl sites for hydroxylation is 2. The fourth-order valence-corrected chi connectivity index (χ4v) is 5.19. The molecule has 0 amide bonds. The number of nitrogens with zero attached hydrogens (tertiary/aromatic N) is 4. The number of thiazole rings is 1. The molecule has 0 spiro atoms. The Labute approximate surface area is 197 Å². The third kappa shape index (κ3) is 5.11. The maximum absolute atomic E-state index is 6.10. The molecule has 1 atom stereocenters. The molecule has 0 radical (unpaired) electrons. The molecule has 4 rings (SSSR count). The summed E-state index contributed by atoms with van der Waals surface area (Å²) in [7, 11) is 0. The van der Waals surface area contributed by atoms with E-state index in [4.69, 9.17) is 9.72 Å². The largest absolute Gasteiger partial charge is 0.483 e. The Bertz CT molecular complexity index is 1200. The van der Waals surface area contributed by atoms with Crippen LogP contribution < -0.4 is 4.74 Å². The van der Waals surface area contributed by atoms with E-state index in [0.29, 0.717) is 6.54 Å². The van der Waals surface area contributed by atoms with Crippen LogP contribution in [0.3, 0.4) is 0 Å². The molecule has 1 unspecified atom stereocenters. The molecule has 5 nitrogen and oxygen atoms in total. The highest BCUT2D eigenvalue weighted by Gasteiger charge is 2.19. The number of hydrogen-bond donors (Lipinski definition) is 0. The van der Waals surface area contributed by atoms with Gasteiger partial charge in [-0.1, -0.05) is 59.8 Å². The molecule has 0 saturated heterocycles. The van der Waals surface area contributed by atoms with Crippen LogP contribution >= 0.6 is 23.1 Å². The molecule has 0 aliphatic rings. The Morgan fingerprint density at radius 2 is 1.91 bits per heavy atom. The number of allylic oxidation sites excluding steroid dienone is 1. The third-order valence-electron chi connectivity index (χ3n) is 5.03. The highest BCUT2D eigenvalue weighted by molar-refractivity contribution is 7.98. The van der Waals surface area contributed by atoms with Gasteiger partial charge in [0.05, 0.1) is 5.69 Å². The van der Waals surface area contributed by atoms with E-state index in [-0.39, 0.29) is 6.10 Å². The summed E-state index contributed by atoms with van der Waals surface area (Å²) in [5, 5.41) is 12.9. The first kappa shape index (κ1) is 22.3. The van der Waals surface area contributed by atoms with Gasteiger partial charge in [0, 0.05) is 23.2 Å². The zero-order valence-corrected chi connectivity index (χ0v) is 20.1. The minimum absolute atomic E-state index is 0.230. The van der Waals surface area contributed by atoms with Gasteiger partial charge < -0.3 is 4.74 Å². The van der Waals surface area contributed by atoms with Crippen molar-refractivity contribution in [2.24, 2.45) is 0 Å². The van der Waals surface area contributed by atoms with Gasteiger partial charge in [0.1, 0.15) is 10.8 Å². The molecule has 0 aliphatic heterocycles. The standard InChI is InChI=1S/C25H26N4OS2/c1-5-14-29-23(19(4)30-21-12-10-17(2)11-13-21)27-28-25(29)32-16-20-15-31-24(26-20)22-9-7-6-8-18(22)3/h5-13,15,19H,1,14,16H2,2-4H3. The molecule has 32 heavy (non-hydrogen) atoms. The zero-order valence-electron chi connectivity index (χ0n) is 18.5. The fourth-order valence-electron chi connectivity index (χ4n) is 3.33. The van der Waals surface area contributed by atoms with Gasteiger partial charge in [-0.15, -0.1) is 28.1 Å². The quantitative estimate of drug-likeness (QED) is 0.206. The van der Waals surface area contributed by atoms with Gasteiger partial charge in [0.25, 0.3) is 0 Å². The van der Waals surface area contributed by atoms with Crippen molar-refractivity contribution in [1.82, 2.24) is 19.7 Å². The van der Waals surface area contributed by atoms with Crippen LogP contribution in [0.1, 0.15) is 35.7 Å². The lowest BCUT2D eigenvalue weighted by Gasteiger charge is -2.15. The van der Waals surface area contributed by atoms with Crippen molar-refractivity contribution < 1.29 is 4.74 Å². The highest BCUT2D eigenvalue weighted by atomic mass is 32.2. The highest BCUT2D eigenvalue weighted by Crippen LogP contribution is 2.30. The Kier molecular flexibility index (Phi) is 7.07. The topological polar surface area (TPSA) is 52.8 Å². The van der Waals surface area contributed by atoms with Crippen molar-refractivity contribution in [3.8, 4) is 16.3 Å². The second kappa shape index (κ2) is 10.1. The zero-order chi connectivity index (χ0) is 22.5. The minimum Gasteiger partial charge on any atom is -0.483 e. The van der Waals surface area contributed by atoms with E-state index in [9.17, 15) is 0 Å². The van der Waals surface area contributed by atoms with E-state index in [1.807, 2.05) is 37.3 Å². The molecule has 2 aromatic heterocycles. The molecule has 0 bridgehead atoms. The van der Waals surface area contributed by atoms with Gasteiger partial charge in [0.2, 0.25) is 0 Å². The van der Waals surface area contributed by atoms with Crippen LogP contribution in [0.5, 0.6) is 5.75 Å². The predicted octanol–water partition coefficient (Wildman–Crippen LogP) is 6.64. The van der Waals surface area contributed by atoms with E-state index < -0.39 is 0 Å². The number of hydrogen-bond acceptors (Lipinski definition) is 6. The fraction of sp³-hybridized carbons (Fsp3) is 0.240. The first-order valence-electron chi connectivity index (χ1n) is 10.5. The maximum atomic E-state index is 6.10. The van der Waals surface area contributed by atoms with E-state index >= 15 is 0 Å². The van der Waals surface area contributed by atoms with E-state index in [1.165, 1.54) is 16.7 Å². The molecule has 0 saturated carbocycles. The van der Waals surface area contributed by atoms with Crippen LogP contribution in [0.15, 0.2) is 71.7 Å². The molecular weight excluding hydrogens is 436 g/mol. The van der Waals surface area contributed by atoms with Crippen molar-refractivity contribution >= 4 is 23.1 Å². The van der Waals surface area contributed by atoms with Crippen LogP contribution in [-0.2, 0) is 12.3 Å². The van der Waals surface area contributed by atoms with Gasteiger partial charge in [-0.2, -0.15) is 0 Å². The second-order valence-corrected chi connectivity index (χ2v) is 9.36. The normalized spacial score (nSPS) is 12.0. The Morgan fingerprint density at radius 3 is 2.66 bits per heavy atom. The number of ether oxygens (including phenoxy) is 1. The smallest absolute Gasteiger partial charge is 0.192 e. The summed E-state index contributed by atoms with van der Waals surface area (Å²) < 4.78 is 8.17. The molecule has 2 aromatic carbocycles. The molecule has 4 aromatic rings. The average molecular weight is 463 g/mol. The van der Waals surface area contributed by atoms with Gasteiger partial charge in [0.15, 0.2) is 17.1 Å². The summed E-state index contributed by atoms with van der Waals surface area (Å²) in [4.78, 5) is 4.83. The van der Waals surface area contributed by atoms with Crippen LogP contribution in [0.25, 0.3) is 10.6 Å². The number of benzene rings is 2. The predicted molar refractivity (Wildman–Crippen MR) is 132 cm³/mol. The minimum atomic E-state index is -0.230. The Hall–Kier alpha value is -2.90. The van der Waals surface area contributed by atoms with Gasteiger partial charge >= 0.3 is 0 Å². The van der Waals surface area contributed by atoms with Gasteiger partial charge in [-0.3, -0.25) is 4.57 Å². The first-order valence-corrected chi connectivity index (χ1v) is 12.3.